The van der Waals surface area contributed by atoms with Gasteiger partial charge in [0, 0.05) is 19.3 Å². The van der Waals surface area contributed by atoms with E-state index in [4.69, 9.17) is 14.2 Å². The van der Waals surface area contributed by atoms with E-state index >= 15 is 0 Å². The van der Waals surface area contributed by atoms with Gasteiger partial charge in [-0.2, -0.15) is 0 Å². The molecule has 0 radical (unpaired) electrons. The van der Waals surface area contributed by atoms with Gasteiger partial charge in [0.2, 0.25) is 0 Å². The second kappa shape index (κ2) is 55.2. The van der Waals surface area contributed by atoms with Crippen molar-refractivity contribution < 1.29 is 28.6 Å². The highest BCUT2D eigenvalue weighted by Crippen LogP contribution is 2.17. The number of ether oxygens (including phenoxy) is 3. The lowest BCUT2D eigenvalue weighted by Crippen LogP contribution is -2.30. The molecule has 0 saturated carbocycles. The first kappa shape index (κ1) is 63.6. The number of carbonyl (C=O) groups is 3. The normalized spacial score (nSPS) is 12.2. The average molecular weight is 928 g/mol. The lowest BCUT2D eigenvalue weighted by Gasteiger charge is -2.18. The number of hydrogen-bond acceptors (Lipinski definition) is 6. The van der Waals surface area contributed by atoms with E-state index in [2.05, 4.69) is 57.2 Å². The smallest absolute Gasteiger partial charge is 0.306 e. The number of carbonyl (C=O) groups excluding carboxylic acids is 3. The molecule has 0 heterocycles. The Morgan fingerprint density at radius 3 is 0.848 bits per heavy atom. The van der Waals surface area contributed by atoms with Gasteiger partial charge in [0.15, 0.2) is 6.10 Å². The Labute approximate surface area is 410 Å². The molecule has 0 aromatic carbocycles. The predicted molar refractivity (Wildman–Crippen MR) is 284 cm³/mol. The molecule has 0 aliphatic carbocycles. The Kier molecular flexibility index (Phi) is 53.2. The molecule has 0 aliphatic heterocycles. The van der Waals surface area contributed by atoms with E-state index < -0.39 is 6.10 Å². The van der Waals surface area contributed by atoms with Crippen LogP contribution < -0.4 is 0 Å². The molecule has 6 heteroatoms. The summed E-state index contributed by atoms with van der Waals surface area (Å²) < 4.78 is 16.8. The van der Waals surface area contributed by atoms with Crippen molar-refractivity contribution >= 4 is 17.9 Å². The van der Waals surface area contributed by atoms with Crippen molar-refractivity contribution in [3.05, 3.63) is 36.5 Å². The molecule has 0 spiro atoms. The molecular formula is C60H110O6. The zero-order valence-electron chi connectivity index (χ0n) is 44.2. The van der Waals surface area contributed by atoms with Crippen molar-refractivity contribution in [1.29, 1.82) is 0 Å². The van der Waals surface area contributed by atoms with Crippen LogP contribution in [0.2, 0.25) is 0 Å². The minimum Gasteiger partial charge on any atom is -0.462 e. The van der Waals surface area contributed by atoms with E-state index in [1.807, 2.05) is 0 Å². The molecule has 66 heavy (non-hydrogen) atoms. The monoisotopic (exact) mass is 927 g/mol. The summed E-state index contributed by atoms with van der Waals surface area (Å²) in [4.78, 5) is 37.8. The highest BCUT2D eigenvalue weighted by molar-refractivity contribution is 5.71. The van der Waals surface area contributed by atoms with Crippen LogP contribution in [0.5, 0.6) is 0 Å². The predicted octanol–water partition coefficient (Wildman–Crippen LogP) is 19.3. The summed E-state index contributed by atoms with van der Waals surface area (Å²) in [5.41, 5.74) is 0. The minimum atomic E-state index is -0.765. The van der Waals surface area contributed by atoms with Crippen molar-refractivity contribution in [2.45, 2.75) is 316 Å². The van der Waals surface area contributed by atoms with Crippen LogP contribution in [0.15, 0.2) is 36.5 Å². The Bertz CT molecular complexity index is 1110. The van der Waals surface area contributed by atoms with Crippen LogP contribution in [0.4, 0.5) is 0 Å². The van der Waals surface area contributed by atoms with Gasteiger partial charge in [-0.25, -0.2) is 0 Å². The summed E-state index contributed by atoms with van der Waals surface area (Å²) in [6, 6.07) is 0. The number of unbranched alkanes of at least 4 members (excludes halogenated alkanes) is 36. The molecule has 0 aromatic heterocycles. The molecular weight excluding hydrogens is 817 g/mol. The van der Waals surface area contributed by atoms with Gasteiger partial charge < -0.3 is 14.2 Å². The van der Waals surface area contributed by atoms with Crippen LogP contribution in [0, 0.1) is 0 Å². The maximum absolute atomic E-state index is 12.8. The van der Waals surface area contributed by atoms with Gasteiger partial charge in [-0.15, -0.1) is 0 Å². The van der Waals surface area contributed by atoms with Crippen LogP contribution in [0.1, 0.15) is 310 Å². The quantitative estimate of drug-likeness (QED) is 0.0262. The zero-order chi connectivity index (χ0) is 47.9. The fourth-order valence-electron chi connectivity index (χ4n) is 8.51. The first-order valence-electron chi connectivity index (χ1n) is 29.0. The molecule has 0 rings (SSSR count). The van der Waals surface area contributed by atoms with Gasteiger partial charge in [-0.05, 0) is 57.8 Å². The highest BCUT2D eigenvalue weighted by Gasteiger charge is 2.19. The van der Waals surface area contributed by atoms with E-state index in [0.29, 0.717) is 19.3 Å². The second-order valence-corrected chi connectivity index (χ2v) is 19.6. The number of esters is 3. The summed E-state index contributed by atoms with van der Waals surface area (Å²) >= 11 is 0. The highest BCUT2D eigenvalue weighted by atomic mass is 16.6. The standard InChI is InChI=1S/C60H110O6/c1-4-7-10-13-16-18-20-22-24-25-26-27-28-29-30-31-32-33-34-35-37-38-40-42-44-47-50-53-59(62)65-56-57(55-64-58(61)52-49-46-15-12-9-6-3)66-60(63)54-51-48-45-43-41-39-36-23-21-19-17-14-11-8-5-2/h20,22,25-26,28-29,57H,4-19,21,23-24,27,30-56H2,1-3H3/b22-20-,26-25-,29-28-. The Morgan fingerprint density at radius 2 is 0.545 bits per heavy atom. The largest absolute Gasteiger partial charge is 0.462 e. The van der Waals surface area contributed by atoms with Crippen LogP contribution in [0.25, 0.3) is 0 Å². The molecule has 0 saturated heterocycles. The van der Waals surface area contributed by atoms with E-state index in [1.165, 1.54) is 199 Å². The van der Waals surface area contributed by atoms with Gasteiger partial charge in [0.1, 0.15) is 13.2 Å². The number of rotatable bonds is 53. The fourth-order valence-corrected chi connectivity index (χ4v) is 8.51. The Morgan fingerprint density at radius 1 is 0.303 bits per heavy atom. The summed E-state index contributed by atoms with van der Waals surface area (Å²) in [6.45, 7) is 6.60. The minimum absolute atomic E-state index is 0.0690. The lowest BCUT2D eigenvalue weighted by atomic mass is 10.0. The molecule has 0 fully saturated rings. The molecule has 0 aromatic rings. The van der Waals surface area contributed by atoms with Crippen molar-refractivity contribution in [1.82, 2.24) is 0 Å². The summed E-state index contributed by atoms with van der Waals surface area (Å²) in [7, 11) is 0. The molecule has 0 amide bonds. The van der Waals surface area contributed by atoms with Gasteiger partial charge in [-0.1, -0.05) is 269 Å². The van der Waals surface area contributed by atoms with Crippen LogP contribution in [0.3, 0.4) is 0 Å². The number of allylic oxidation sites excluding steroid dienone is 6. The van der Waals surface area contributed by atoms with E-state index in [9.17, 15) is 14.4 Å². The molecule has 0 N–H and O–H groups in total. The molecule has 1 atom stereocenters. The zero-order valence-corrected chi connectivity index (χ0v) is 44.2. The topological polar surface area (TPSA) is 78.9 Å². The van der Waals surface area contributed by atoms with Gasteiger partial charge in [0.05, 0.1) is 0 Å². The molecule has 6 nitrogen and oxygen atoms in total. The average Bonchev–Trinajstić information content (AvgIpc) is 3.31. The molecule has 1 unspecified atom stereocenters. The molecule has 0 bridgehead atoms. The van der Waals surface area contributed by atoms with E-state index in [0.717, 1.165) is 70.6 Å². The van der Waals surface area contributed by atoms with Crippen molar-refractivity contribution in [2.24, 2.45) is 0 Å². The molecule has 0 aliphatic rings. The van der Waals surface area contributed by atoms with E-state index in [1.54, 1.807) is 0 Å². The van der Waals surface area contributed by atoms with Crippen molar-refractivity contribution in [2.75, 3.05) is 13.2 Å². The van der Waals surface area contributed by atoms with Gasteiger partial charge >= 0.3 is 17.9 Å². The molecule has 386 valence electrons. The van der Waals surface area contributed by atoms with E-state index in [-0.39, 0.29) is 31.1 Å². The SMILES string of the molecule is CCCCCCC/C=C\C/C=C\C/C=C\CCCCCCCCCCCCCCC(=O)OCC(COC(=O)CCCCCCCC)OC(=O)CCCCCCCCCCCCCCCCC. The van der Waals surface area contributed by atoms with Crippen LogP contribution >= 0.6 is 0 Å². The Balaban J connectivity index is 4.06. The summed E-state index contributed by atoms with van der Waals surface area (Å²) in [5.74, 6) is -0.865. The van der Waals surface area contributed by atoms with Crippen molar-refractivity contribution in [3.8, 4) is 0 Å². The Hall–Kier alpha value is -2.37. The summed E-state index contributed by atoms with van der Waals surface area (Å²) in [5, 5.41) is 0. The maximum Gasteiger partial charge on any atom is 0.306 e. The first-order chi connectivity index (χ1) is 32.5. The summed E-state index contributed by atoms with van der Waals surface area (Å²) in [6.07, 6.45) is 66.0. The van der Waals surface area contributed by atoms with Crippen LogP contribution in [-0.4, -0.2) is 37.2 Å². The lowest BCUT2D eigenvalue weighted by molar-refractivity contribution is -0.167. The third kappa shape index (κ3) is 52.6. The first-order valence-corrected chi connectivity index (χ1v) is 29.0. The third-order valence-corrected chi connectivity index (χ3v) is 12.9. The van der Waals surface area contributed by atoms with Crippen molar-refractivity contribution in [3.63, 3.8) is 0 Å². The fraction of sp³-hybridized carbons (Fsp3) is 0.850. The number of hydrogen-bond donors (Lipinski definition) is 0. The van der Waals surface area contributed by atoms with Gasteiger partial charge in [0.25, 0.3) is 0 Å². The maximum atomic E-state index is 12.8. The van der Waals surface area contributed by atoms with Gasteiger partial charge in [-0.3, -0.25) is 14.4 Å². The van der Waals surface area contributed by atoms with Crippen LogP contribution in [-0.2, 0) is 28.6 Å². The second-order valence-electron chi connectivity index (χ2n) is 19.6. The third-order valence-electron chi connectivity index (χ3n) is 12.9.